The van der Waals surface area contributed by atoms with Crippen molar-refractivity contribution in [2.24, 2.45) is 5.41 Å². The fourth-order valence-electron chi connectivity index (χ4n) is 5.34. The summed E-state index contributed by atoms with van der Waals surface area (Å²) in [6.07, 6.45) is 2.13. The third-order valence-electron chi connectivity index (χ3n) is 7.11. The van der Waals surface area contributed by atoms with Gasteiger partial charge in [0, 0.05) is 30.2 Å². The smallest absolute Gasteiger partial charge is 0.243 e. The third-order valence-corrected chi connectivity index (χ3v) is 9.29. The highest BCUT2D eigenvalue weighted by atomic mass is 35.5. The zero-order chi connectivity index (χ0) is 26.1. The summed E-state index contributed by atoms with van der Waals surface area (Å²) >= 11 is 5.97. The second kappa shape index (κ2) is 10.7. The van der Waals surface area contributed by atoms with E-state index in [-0.39, 0.29) is 42.7 Å². The molecule has 0 aromatic heterocycles. The van der Waals surface area contributed by atoms with Crippen molar-refractivity contribution in [3.05, 3.63) is 64.7 Å². The molecule has 0 unspecified atom stereocenters. The maximum Gasteiger partial charge on any atom is 0.243 e. The summed E-state index contributed by atoms with van der Waals surface area (Å²) in [5.74, 6) is -1.96. The number of halogens is 3. The van der Waals surface area contributed by atoms with Gasteiger partial charge in [-0.05, 0) is 74.1 Å². The number of hydrogen-bond donors (Lipinski definition) is 2. The summed E-state index contributed by atoms with van der Waals surface area (Å²) in [6.45, 7) is -0.582. The van der Waals surface area contributed by atoms with Gasteiger partial charge < -0.3 is 15.1 Å². The van der Waals surface area contributed by atoms with Crippen molar-refractivity contribution >= 4 is 27.5 Å². The molecule has 1 saturated carbocycles. The van der Waals surface area contributed by atoms with E-state index in [0.717, 1.165) is 18.2 Å². The minimum atomic E-state index is -4.22. The molecular formula is C25H29ClF2N2O5S. The molecule has 2 atom stereocenters. The first-order valence-electron chi connectivity index (χ1n) is 11.9. The van der Waals surface area contributed by atoms with Gasteiger partial charge in [-0.2, -0.15) is 4.31 Å². The van der Waals surface area contributed by atoms with Gasteiger partial charge in [-0.3, -0.25) is 4.79 Å². The molecular weight excluding hydrogens is 514 g/mol. The lowest BCUT2D eigenvalue weighted by molar-refractivity contribution is -0.141. The summed E-state index contributed by atoms with van der Waals surface area (Å²) in [6, 6.07) is 6.99. The van der Waals surface area contributed by atoms with Crippen molar-refractivity contribution in [1.29, 1.82) is 0 Å². The van der Waals surface area contributed by atoms with Crippen LogP contribution in [-0.4, -0.2) is 66.1 Å². The Morgan fingerprint density at radius 1 is 1.03 bits per heavy atom. The second-order valence-corrected chi connectivity index (χ2v) is 11.6. The Morgan fingerprint density at radius 2 is 1.61 bits per heavy atom. The minimum Gasteiger partial charge on any atom is -0.395 e. The summed E-state index contributed by atoms with van der Waals surface area (Å²) in [7, 11) is -4.22. The number of carbonyl (C=O) groups is 1. The molecule has 1 aliphatic heterocycles. The van der Waals surface area contributed by atoms with Gasteiger partial charge in [0.2, 0.25) is 15.9 Å². The number of hydrogen-bond acceptors (Lipinski definition) is 5. The molecule has 2 N–H and O–H groups in total. The van der Waals surface area contributed by atoms with Crippen LogP contribution in [0.5, 0.6) is 0 Å². The van der Waals surface area contributed by atoms with E-state index in [0.29, 0.717) is 37.1 Å². The minimum absolute atomic E-state index is 0.0103. The van der Waals surface area contributed by atoms with E-state index in [1.54, 1.807) is 0 Å². The highest BCUT2D eigenvalue weighted by Gasteiger charge is 2.62. The molecule has 0 spiro atoms. The van der Waals surface area contributed by atoms with Crippen LogP contribution in [0.15, 0.2) is 47.4 Å². The van der Waals surface area contributed by atoms with Crippen molar-refractivity contribution in [2.75, 3.05) is 26.3 Å². The van der Waals surface area contributed by atoms with Crippen molar-refractivity contribution in [2.45, 2.75) is 49.1 Å². The fraction of sp³-hybridized carbons (Fsp3) is 0.480. The maximum atomic E-state index is 14.2. The maximum absolute atomic E-state index is 14.2. The predicted molar refractivity (Wildman–Crippen MR) is 130 cm³/mol. The van der Waals surface area contributed by atoms with Gasteiger partial charge >= 0.3 is 0 Å². The molecule has 7 nitrogen and oxygen atoms in total. The number of piperidine rings is 1. The Bertz CT molecular complexity index is 1180. The topological polar surface area (TPSA) is 98.2 Å². The summed E-state index contributed by atoms with van der Waals surface area (Å²) in [5, 5.41) is 19.2. The molecule has 196 valence electrons. The first-order chi connectivity index (χ1) is 17.1. The van der Waals surface area contributed by atoms with E-state index in [4.69, 9.17) is 11.6 Å². The summed E-state index contributed by atoms with van der Waals surface area (Å²) in [4.78, 5) is 15.0. The Balaban J connectivity index is 1.82. The van der Waals surface area contributed by atoms with Crippen molar-refractivity contribution in [1.82, 2.24) is 9.21 Å². The molecule has 2 aliphatic rings. The molecule has 1 aliphatic carbocycles. The first kappa shape index (κ1) is 26.9. The van der Waals surface area contributed by atoms with Crippen LogP contribution >= 0.6 is 11.6 Å². The Morgan fingerprint density at radius 3 is 2.14 bits per heavy atom. The number of nitrogens with zero attached hydrogens (tertiary/aromatic N) is 2. The molecule has 36 heavy (non-hydrogen) atoms. The summed E-state index contributed by atoms with van der Waals surface area (Å²) < 4.78 is 57.8. The molecule has 2 aromatic rings. The average molecular weight is 543 g/mol. The molecule has 0 bridgehead atoms. The number of benzene rings is 2. The molecule has 2 fully saturated rings. The molecule has 11 heteroatoms. The van der Waals surface area contributed by atoms with Crippen LogP contribution in [0.4, 0.5) is 8.78 Å². The Labute approximate surface area is 214 Å². The predicted octanol–water partition coefficient (Wildman–Crippen LogP) is 3.50. The van der Waals surface area contributed by atoms with Gasteiger partial charge in [0.05, 0.1) is 29.6 Å². The van der Waals surface area contributed by atoms with Crippen LogP contribution in [0.25, 0.3) is 0 Å². The van der Waals surface area contributed by atoms with Crippen molar-refractivity contribution in [3.63, 3.8) is 0 Å². The van der Waals surface area contributed by atoms with E-state index >= 15 is 0 Å². The van der Waals surface area contributed by atoms with Crippen molar-refractivity contribution < 1.29 is 32.2 Å². The van der Waals surface area contributed by atoms with E-state index in [9.17, 15) is 32.2 Å². The number of aliphatic hydroxyl groups excluding tert-OH is 2. The number of sulfonamides is 1. The monoisotopic (exact) mass is 542 g/mol. The van der Waals surface area contributed by atoms with Crippen LogP contribution in [0, 0.1) is 17.0 Å². The lowest BCUT2D eigenvalue weighted by atomic mass is 9.84. The van der Waals surface area contributed by atoms with Crippen LogP contribution in [0.2, 0.25) is 5.02 Å². The largest absolute Gasteiger partial charge is 0.395 e. The zero-order valence-corrected chi connectivity index (χ0v) is 21.2. The lowest BCUT2D eigenvalue weighted by Gasteiger charge is -2.45. The van der Waals surface area contributed by atoms with E-state index in [1.807, 2.05) is 0 Å². The Kier molecular flexibility index (Phi) is 8.01. The van der Waals surface area contributed by atoms with E-state index in [2.05, 4.69) is 0 Å². The number of rotatable bonds is 9. The average Bonchev–Trinajstić information content (AvgIpc) is 3.65. The van der Waals surface area contributed by atoms with Crippen LogP contribution in [0.1, 0.15) is 43.7 Å². The van der Waals surface area contributed by atoms with Gasteiger partial charge in [0.1, 0.15) is 11.6 Å². The van der Waals surface area contributed by atoms with Gasteiger partial charge in [-0.15, -0.1) is 0 Å². The molecule has 1 heterocycles. The number of amides is 1. The number of aliphatic hydroxyl groups is 2. The lowest BCUT2D eigenvalue weighted by Crippen LogP contribution is -2.55. The molecule has 2 aromatic carbocycles. The first-order valence-corrected chi connectivity index (χ1v) is 13.7. The molecule has 1 saturated heterocycles. The van der Waals surface area contributed by atoms with Crippen LogP contribution < -0.4 is 0 Å². The Hall–Kier alpha value is -2.11. The highest BCUT2D eigenvalue weighted by molar-refractivity contribution is 7.89. The van der Waals surface area contributed by atoms with Gasteiger partial charge in [-0.1, -0.05) is 11.6 Å². The quantitative estimate of drug-likeness (QED) is 0.505. The van der Waals surface area contributed by atoms with Crippen molar-refractivity contribution in [3.8, 4) is 0 Å². The van der Waals surface area contributed by atoms with Crippen LogP contribution in [0.3, 0.4) is 0 Å². The SMILES string of the molecule is O=C(N(CCO)CCO)C1([C@H]2CCC[C@@H](c3cc(F)cc(F)c3)N2S(=O)(=O)c2ccc(Cl)cc2)CC1. The van der Waals surface area contributed by atoms with Gasteiger partial charge in [-0.25, -0.2) is 17.2 Å². The number of carbonyl (C=O) groups excluding carboxylic acids is 1. The van der Waals surface area contributed by atoms with Gasteiger partial charge in [0.15, 0.2) is 0 Å². The molecule has 4 rings (SSSR count). The summed E-state index contributed by atoms with van der Waals surface area (Å²) in [5.41, 5.74) is -0.866. The normalized spacial score (nSPS) is 21.8. The third kappa shape index (κ3) is 5.15. The highest BCUT2D eigenvalue weighted by Crippen LogP contribution is 2.57. The van der Waals surface area contributed by atoms with E-state index < -0.39 is 39.2 Å². The zero-order valence-electron chi connectivity index (χ0n) is 19.6. The van der Waals surface area contributed by atoms with E-state index in [1.165, 1.54) is 33.5 Å². The molecule has 0 radical (unpaired) electrons. The standard InChI is InChI=1S/C25H29ClF2N2O5S/c26-18-4-6-21(7-5-18)36(34,35)30-22(17-14-19(27)16-20(28)15-17)2-1-3-23(30)25(8-9-25)24(33)29(10-12-31)11-13-32/h4-7,14-16,22-23,31-32H,1-3,8-13H2/t22-,23+/m0/s1. The molecule has 1 amide bonds. The van der Waals surface area contributed by atoms with Crippen LogP contribution in [-0.2, 0) is 14.8 Å². The fourth-order valence-corrected chi connectivity index (χ4v) is 7.39. The van der Waals surface area contributed by atoms with Gasteiger partial charge in [0.25, 0.3) is 0 Å². The second-order valence-electron chi connectivity index (χ2n) is 9.35.